The molecule has 3 heteroatoms. The van der Waals surface area contributed by atoms with Gasteiger partial charge < -0.3 is 10.6 Å². The predicted octanol–water partition coefficient (Wildman–Crippen LogP) is 1.09. The molecule has 2 N–H and O–H groups in total. The van der Waals surface area contributed by atoms with Crippen molar-refractivity contribution in [2.75, 3.05) is 13.6 Å². The molecule has 0 aromatic rings. The van der Waals surface area contributed by atoms with E-state index in [1.165, 1.54) is 0 Å². The summed E-state index contributed by atoms with van der Waals surface area (Å²) in [6.07, 6.45) is 7.11. The third-order valence-electron chi connectivity index (χ3n) is 2.97. The van der Waals surface area contributed by atoms with Crippen LogP contribution >= 0.6 is 0 Å². The molecule has 1 aliphatic rings. The number of nitrogens with one attached hydrogen (secondary N) is 2. The molecule has 1 fully saturated rings. The van der Waals surface area contributed by atoms with Crippen molar-refractivity contribution in [2.24, 2.45) is 11.8 Å². The van der Waals surface area contributed by atoms with Crippen LogP contribution in [-0.4, -0.2) is 25.5 Å². The summed E-state index contributed by atoms with van der Waals surface area (Å²) in [7, 11) is 1.67. The van der Waals surface area contributed by atoms with E-state index in [9.17, 15) is 4.79 Å². The maximum absolute atomic E-state index is 11.7. The topological polar surface area (TPSA) is 41.1 Å². The van der Waals surface area contributed by atoms with Gasteiger partial charge in [0.15, 0.2) is 0 Å². The van der Waals surface area contributed by atoms with E-state index in [1.54, 1.807) is 7.05 Å². The Morgan fingerprint density at radius 2 is 2.33 bits per heavy atom. The number of allylic oxidation sites excluding steroid dienone is 2. The average molecular weight is 208 g/mol. The monoisotopic (exact) mass is 208 g/mol. The van der Waals surface area contributed by atoms with Gasteiger partial charge in [-0.05, 0) is 25.8 Å². The van der Waals surface area contributed by atoms with Crippen molar-refractivity contribution in [3.63, 3.8) is 0 Å². The van der Waals surface area contributed by atoms with Crippen molar-refractivity contribution in [3.05, 3.63) is 24.8 Å². The summed E-state index contributed by atoms with van der Waals surface area (Å²) < 4.78 is 0. The van der Waals surface area contributed by atoms with E-state index in [-0.39, 0.29) is 17.9 Å². The fourth-order valence-corrected chi connectivity index (χ4v) is 2.16. The van der Waals surface area contributed by atoms with Gasteiger partial charge in [0.2, 0.25) is 5.91 Å². The first-order valence-electron chi connectivity index (χ1n) is 5.45. The van der Waals surface area contributed by atoms with Gasteiger partial charge in [-0.3, -0.25) is 4.79 Å². The summed E-state index contributed by atoms with van der Waals surface area (Å²) in [5.41, 5.74) is 0. The van der Waals surface area contributed by atoms with Gasteiger partial charge in [0.25, 0.3) is 0 Å². The Labute approximate surface area is 91.6 Å². The van der Waals surface area contributed by atoms with Gasteiger partial charge >= 0.3 is 0 Å². The summed E-state index contributed by atoms with van der Waals surface area (Å²) in [6, 6.07) is -0.122. The molecular weight excluding hydrogens is 188 g/mol. The van der Waals surface area contributed by atoms with Crippen LogP contribution in [0.2, 0.25) is 0 Å². The van der Waals surface area contributed by atoms with Gasteiger partial charge in [0.1, 0.15) is 0 Å². The number of carbonyl (C=O) groups is 1. The Balaban J connectivity index is 2.82. The highest BCUT2D eigenvalue weighted by Crippen LogP contribution is 2.26. The highest BCUT2D eigenvalue weighted by atomic mass is 16.2. The van der Waals surface area contributed by atoms with Gasteiger partial charge in [-0.1, -0.05) is 18.2 Å². The minimum Gasteiger partial charge on any atom is -0.358 e. The molecule has 1 aliphatic heterocycles. The van der Waals surface area contributed by atoms with Crippen molar-refractivity contribution in [1.29, 1.82) is 0 Å². The number of rotatable bonds is 3. The summed E-state index contributed by atoms with van der Waals surface area (Å²) in [5.74, 6) is 0.676. The summed E-state index contributed by atoms with van der Waals surface area (Å²) in [6.45, 7) is 6.70. The van der Waals surface area contributed by atoms with Gasteiger partial charge in [-0.15, -0.1) is 6.58 Å². The van der Waals surface area contributed by atoms with Crippen LogP contribution < -0.4 is 10.6 Å². The van der Waals surface area contributed by atoms with Gasteiger partial charge in [0.05, 0.1) is 6.04 Å². The van der Waals surface area contributed by atoms with Crippen LogP contribution in [0, 0.1) is 11.8 Å². The lowest BCUT2D eigenvalue weighted by Gasteiger charge is -2.34. The van der Waals surface area contributed by atoms with Gasteiger partial charge in [0, 0.05) is 13.0 Å². The van der Waals surface area contributed by atoms with E-state index >= 15 is 0 Å². The van der Waals surface area contributed by atoms with E-state index in [0.717, 1.165) is 13.0 Å². The fourth-order valence-electron chi connectivity index (χ4n) is 2.16. The van der Waals surface area contributed by atoms with Gasteiger partial charge in [-0.25, -0.2) is 0 Å². The number of hydrogen-bond donors (Lipinski definition) is 2. The van der Waals surface area contributed by atoms with Crippen LogP contribution in [0.4, 0.5) is 0 Å². The zero-order valence-electron chi connectivity index (χ0n) is 9.49. The van der Waals surface area contributed by atoms with E-state index in [1.807, 2.05) is 19.1 Å². The normalized spacial score (nSPS) is 31.5. The fraction of sp³-hybridized carbons (Fsp3) is 0.583. The molecule has 15 heavy (non-hydrogen) atoms. The molecule has 84 valence electrons. The maximum atomic E-state index is 11.7. The predicted molar refractivity (Wildman–Crippen MR) is 62.5 cm³/mol. The lowest BCUT2D eigenvalue weighted by molar-refractivity contribution is -0.124. The number of amides is 1. The van der Waals surface area contributed by atoms with Crippen LogP contribution in [0.1, 0.15) is 13.3 Å². The lowest BCUT2D eigenvalue weighted by atomic mass is 9.80. The minimum atomic E-state index is -0.122. The van der Waals surface area contributed by atoms with E-state index in [4.69, 9.17) is 0 Å². The molecule has 1 amide bonds. The summed E-state index contributed by atoms with van der Waals surface area (Å²) in [5, 5.41) is 5.96. The molecule has 2 unspecified atom stereocenters. The first-order valence-corrected chi connectivity index (χ1v) is 5.45. The molecule has 3 nitrogen and oxygen atoms in total. The van der Waals surface area contributed by atoms with Crippen molar-refractivity contribution in [1.82, 2.24) is 10.6 Å². The lowest BCUT2D eigenvalue weighted by Crippen LogP contribution is -2.53. The third-order valence-corrected chi connectivity index (χ3v) is 2.97. The molecule has 1 heterocycles. The maximum Gasteiger partial charge on any atom is 0.237 e. The van der Waals surface area contributed by atoms with Crippen LogP contribution in [-0.2, 0) is 4.79 Å². The van der Waals surface area contributed by atoms with Crippen molar-refractivity contribution < 1.29 is 4.79 Å². The van der Waals surface area contributed by atoms with E-state index < -0.39 is 0 Å². The first-order chi connectivity index (χ1) is 7.24. The first kappa shape index (κ1) is 12.0. The van der Waals surface area contributed by atoms with Crippen molar-refractivity contribution in [2.45, 2.75) is 19.4 Å². The number of piperidine rings is 1. The molecule has 1 saturated heterocycles. The van der Waals surface area contributed by atoms with E-state index in [0.29, 0.717) is 5.92 Å². The second-order valence-electron chi connectivity index (χ2n) is 3.84. The largest absolute Gasteiger partial charge is 0.358 e. The second-order valence-corrected chi connectivity index (χ2v) is 3.84. The SMILES string of the molecule is C=CC1CCNC(C(=O)NC)[C@@H]1/C=C\C. The van der Waals surface area contributed by atoms with Crippen molar-refractivity contribution in [3.8, 4) is 0 Å². The molecule has 0 radical (unpaired) electrons. The summed E-state index contributed by atoms with van der Waals surface area (Å²) in [4.78, 5) is 11.7. The Kier molecular flexibility index (Phi) is 4.56. The van der Waals surface area contributed by atoms with Gasteiger partial charge in [-0.2, -0.15) is 0 Å². The Hall–Kier alpha value is -1.09. The molecule has 0 saturated carbocycles. The number of hydrogen-bond acceptors (Lipinski definition) is 2. The number of carbonyl (C=O) groups excluding carboxylic acids is 1. The molecule has 0 spiro atoms. The quantitative estimate of drug-likeness (QED) is 0.682. The standard InChI is InChI=1S/C12H20N2O/c1-4-6-10-9(5-2)7-8-14-11(10)12(15)13-3/h4-6,9-11,14H,2,7-8H2,1,3H3,(H,13,15)/b6-4-/t9?,10-,11?/m1/s1. The molecule has 0 bridgehead atoms. The van der Waals surface area contributed by atoms with Crippen LogP contribution in [0.5, 0.6) is 0 Å². The number of likely N-dealkylation sites (N-methyl/N-ethyl adjacent to an activating group) is 1. The molecule has 0 aromatic heterocycles. The van der Waals surface area contributed by atoms with Crippen LogP contribution in [0.3, 0.4) is 0 Å². The highest BCUT2D eigenvalue weighted by Gasteiger charge is 2.33. The van der Waals surface area contributed by atoms with Crippen LogP contribution in [0.25, 0.3) is 0 Å². The van der Waals surface area contributed by atoms with E-state index in [2.05, 4.69) is 23.3 Å². The molecular formula is C12H20N2O. The molecule has 1 rings (SSSR count). The third kappa shape index (κ3) is 2.69. The zero-order chi connectivity index (χ0) is 11.3. The minimum absolute atomic E-state index is 0.0599. The smallest absolute Gasteiger partial charge is 0.237 e. The summed E-state index contributed by atoms with van der Waals surface area (Å²) >= 11 is 0. The molecule has 0 aromatic carbocycles. The Morgan fingerprint density at radius 3 is 2.87 bits per heavy atom. The highest BCUT2D eigenvalue weighted by molar-refractivity contribution is 5.82. The van der Waals surface area contributed by atoms with Crippen molar-refractivity contribution >= 4 is 5.91 Å². The zero-order valence-corrected chi connectivity index (χ0v) is 9.49. The molecule has 0 aliphatic carbocycles. The molecule has 3 atom stereocenters. The Morgan fingerprint density at radius 1 is 1.60 bits per heavy atom. The second kappa shape index (κ2) is 5.71. The Bertz CT molecular complexity index is 260. The van der Waals surface area contributed by atoms with Crippen LogP contribution in [0.15, 0.2) is 24.8 Å². The average Bonchev–Trinajstić information content (AvgIpc) is 2.28.